The van der Waals surface area contributed by atoms with Gasteiger partial charge in [0.15, 0.2) is 0 Å². The van der Waals surface area contributed by atoms with Crippen LogP contribution >= 0.6 is 0 Å². The van der Waals surface area contributed by atoms with Crippen LogP contribution in [0.5, 0.6) is 0 Å². The van der Waals surface area contributed by atoms with Crippen molar-refractivity contribution in [3.05, 3.63) is 62.2 Å². The molecule has 1 saturated heterocycles. The molecule has 0 aliphatic carbocycles. The van der Waals surface area contributed by atoms with Gasteiger partial charge in [-0.15, -0.1) is 0 Å². The molecule has 1 unspecified atom stereocenters. The fourth-order valence-corrected chi connectivity index (χ4v) is 3.53. The zero-order chi connectivity index (χ0) is 18.3. The third-order valence-electron chi connectivity index (χ3n) is 4.82. The smallest absolute Gasteiger partial charge is 0.326 e. The van der Waals surface area contributed by atoms with E-state index in [4.69, 9.17) is 4.98 Å². The van der Waals surface area contributed by atoms with E-state index < -0.39 is 11.2 Å². The Balaban J connectivity index is 1.60. The largest absolute Gasteiger partial charge is 0.342 e. The standard InChI is InChI=1S/C18H19N5O3/c1-10-4-2-6-12-15(10)22-16(19-12)11-5-3-7-23(9-11)17(25)13-8-14(24)21-18(26)20-13/h2,4,6,8,11H,3,5,7,9H2,1H3,(H,19,22)(H2,20,21,24,26). The predicted octanol–water partition coefficient (Wildman–Crippen LogP) is 1.27. The predicted molar refractivity (Wildman–Crippen MR) is 96.4 cm³/mol. The Morgan fingerprint density at radius 1 is 1.23 bits per heavy atom. The van der Waals surface area contributed by atoms with E-state index in [9.17, 15) is 14.4 Å². The third-order valence-corrected chi connectivity index (χ3v) is 4.82. The van der Waals surface area contributed by atoms with Crippen LogP contribution in [0.4, 0.5) is 0 Å². The van der Waals surface area contributed by atoms with Gasteiger partial charge >= 0.3 is 5.69 Å². The number of para-hydroxylation sites is 1. The molecule has 1 fully saturated rings. The van der Waals surface area contributed by atoms with Gasteiger partial charge in [0.05, 0.1) is 11.0 Å². The van der Waals surface area contributed by atoms with Crippen LogP contribution in [-0.4, -0.2) is 43.8 Å². The first kappa shape index (κ1) is 16.3. The Bertz CT molecular complexity index is 1070. The lowest BCUT2D eigenvalue weighted by molar-refractivity contribution is 0.0698. The van der Waals surface area contributed by atoms with Gasteiger partial charge in [0.2, 0.25) is 0 Å². The summed E-state index contributed by atoms with van der Waals surface area (Å²) in [4.78, 5) is 49.8. The highest BCUT2D eigenvalue weighted by atomic mass is 16.2. The molecule has 1 amide bonds. The van der Waals surface area contributed by atoms with Crippen LogP contribution in [0.2, 0.25) is 0 Å². The molecule has 1 aromatic carbocycles. The lowest BCUT2D eigenvalue weighted by atomic mass is 9.97. The van der Waals surface area contributed by atoms with Gasteiger partial charge in [-0.25, -0.2) is 9.78 Å². The summed E-state index contributed by atoms with van der Waals surface area (Å²) in [7, 11) is 0. The van der Waals surface area contributed by atoms with Gasteiger partial charge in [0.1, 0.15) is 11.5 Å². The Kier molecular flexibility index (Phi) is 3.95. The number of carbonyl (C=O) groups excluding carboxylic acids is 1. The van der Waals surface area contributed by atoms with Crippen LogP contribution in [0.3, 0.4) is 0 Å². The maximum Gasteiger partial charge on any atom is 0.326 e. The number of aromatic nitrogens is 4. The fourth-order valence-electron chi connectivity index (χ4n) is 3.53. The number of carbonyl (C=O) groups is 1. The maximum atomic E-state index is 12.7. The number of likely N-dealkylation sites (tertiary alicyclic amines) is 1. The number of amides is 1. The highest BCUT2D eigenvalue weighted by molar-refractivity contribution is 5.92. The lowest BCUT2D eigenvalue weighted by Crippen LogP contribution is -2.41. The van der Waals surface area contributed by atoms with Crippen molar-refractivity contribution in [1.29, 1.82) is 0 Å². The molecule has 1 atom stereocenters. The number of hydrogen-bond donors (Lipinski definition) is 3. The van der Waals surface area contributed by atoms with Gasteiger partial charge in [-0.05, 0) is 31.4 Å². The summed E-state index contributed by atoms with van der Waals surface area (Å²) in [6, 6.07) is 7.12. The van der Waals surface area contributed by atoms with Gasteiger partial charge in [-0.3, -0.25) is 14.6 Å². The number of hydrogen-bond acceptors (Lipinski definition) is 4. The lowest BCUT2D eigenvalue weighted by Gasteiger charge is -2.31. The molecule has 0 saturated carbocycles. The molecule has 3 aromatic rings. The average molecular weight is 353 g/mol. The highest BCUT2D eigenvalue weighted by Gasteiger charge is 2.28. The van der Waals surface area contributed by atoms with Gasteiger partial charge in [-0.1, -0.05) is 12.1 Å². The van der Waals surface area contributed by atoms with E-state index in [2.05, 4.69) is 15.0 Å². The van der Waals surface area contributed by atoms with Crippen LogP contribution in [0.15, 0.2) is 33.9 Å². The number of benzene rings is 1. The van der Waals surface area contributed by atoms with Crippen molar-refractivity contribution in [2.75, 3.05) is 13.1 Å². The van der Waals surface area contributed by atoms with E-state index >= 15 is 0 Å². The van der Waals surface area contributed by atoms with E-state index in [1.165, 1.54) is 0 Å². The van der Waals surface area contributed by atoms with Gasteiger partial charge in [0, 0.05) is 25.1 Å². The molecule has 1 aliphatic rings. The normalized spacial score (nSPS) is 17.6. The molecule has 0 radical (unpaired) electrons. The van der Waals surface area contributed by atoms with Crippen LogP contribution in [0.1, 0.15) is 40.6 Å². The molecule has 2 aromatic heterocycles. The molecule has 0 bridgehead atoms. The molecule has 3 heterocycles. The minimum atomic E-state index is -0.679. The fraction of sp³-hybridized carbons (Fsp3) is 0.333. The van der Waals surface area contributed by atoms with Crippen molar-refractivity contribution in [2.45, 2.75) is 25.7 Å². The Hall–Kier alpha value is -3.16. The molecule has 3 N–H and O–H groups in total. The molecule has 0 spiro atoms. The van der Waals surface area contributed by atoms with Crippen LogP contribution in [0, 0.1) is 6.92 Å². The van der Waals surface area contributed by atoms with Crippen LogP contribution in [-0.2, 0) is 0 Å². The molecule has 26 heavy (non-hydrogen) atoms. The summed E-state index contributed by atoms with van der Waals surface area (Å²) >= 11 is 0. The number of nitrogens with one attached hydrogen (secondary N) is 3. The van der Waals surface area contributed by atoms with E-state index in [0.717, 1.165) is 41.3 Å². The van der Waals surface area contributed by atoms with Crippen molar-refractivity contribution >= 4 is 16.9 Å². The topological polar surface area (TPSA) is 115 Å². The zero-order valence-corrected chi connectivity index (χ0v) is 14.3. The summed E-state index contributed by atoms with van der Waals surface area (Å²) in [5, 5.41) is 0. The van der Waals surface area contributed by atoms with E-state index in [1.807, 2.05) is 25.1 Å². The Labute approximate surface area is 148 Å². The maximum absolute atomic E-state index is 12.7. The molecule has 8 nitrogen and oxygen atoms in total. The molecule has 134 valence electrons. The second kappa shape index (κ2) is 6.29. The summed E-state index contributed by atoms with van der Waals surface area (Å²) in [5.41, 5.74) is 1.79. The first-order chi connectivity index (χ1) is 12.5. The number of rotatable bonds is 2. The molecule has 1 aliphatic heterocycles. The van der Waals surface area contributed by atoms with Gasteiger partial charge in [0.25, 0.3) is 11.5 Å². The number of H-pyrrole nitrogens is 3. The second-order valence-electron chi connectivity index (χ2n) is 6.68. The van der Waals surface area contributed by atoms with E-state index in [1.54, 1.807) is 4.90 Å². The average Bonchev–Trinajstić information content (AvgIpc) is 3.06. The Morgan fingerprint density at radius 3 is 2.85 bits per heavy atom. The zero-order valence-electron chi connectivity index (χ0n) is 14.3. The molecular weight excluding hydrogens is 334 g/mol. The first-order valence-corrected chi connectivity index (χ1v) is 8.59. The summed E-state index contributed by atoms with van der Waals surface area (Å²) in [6.07, 6.45) is 1.76. The number of aryl methyl sites for hydroxylation is 1. The first-order valence-electron chi connectivity index (χ1n) is 8.59. The highest BCUT2D eigenvalue weighted by Crippen LogP contribution is 2.28. The Morgan fingerprint density at radius 2 is 2.08 bits per heavy atom. The quantitative estimate of drug-likeness (QED) is 0.643. The second-order valence-corrected chi connectivity index (χ2v) is 6.68. The van der Waals surface area contributed by atoms with Crippen molar-refractivity contribution in [2.24, 2.45) is 0 Å². The summed E-state index contributed by atoms with van der Waals surface area (Å²) in [5.74, 6) is 0.615. The number of aromatic amines is 3. The SMILES string of the molecule is Cc1cccc2[nH]c(C3CCCN(C(=O)c4cc(=O)[nH]c(=O)[nH]4)C3)nc12. The molecule has 4 rings (SSSR count). The van der Waals surface area contributed by atoms with E-state index in [-0.39, 0.29) is 17.5 Å². The minimum Gasteiger partial charge on any atom is -0.342 e. The van der Waals surface area contributed by atoms with Crippen molar-refractivity contribution in [3.8, 4) is 0 Å². The monoisotopic (exact) mass is 353 g/mol. The minimum absolute atomic E-state index is 0.0138. The van der Waals surface area contributed by atoms with Crippen molar-refractivity contribution in [3.63, 3.8) is 0 Å². The van der Waals surface area contributed by atoms with Crippen LogP contribution in [0.25, 0.3) is 11.0 Å². The number of nitrogens with zero attached hydrogens (tertiary/aromatic N) is 2. The third kappa shape index (κ3) is 2.94. The van der Waals surface area contributed by atoms with Gasteiger partial charge in [-0.2, -0.15) is 0 Å². The van der Waals surface area contributed by atoms with Crippen molar-refractivity contribution in [1.82, 2.24) is 24.8 Å². The van der Waals surface area contributed by atoms with E-state index in [0.29, 0.717) is 13.1 Å². The van der Waals surface area contributed by atoms with Crippen LogP contribution < -0.4 is 11.2 Å². The number of piperidine rings is 1. The molecular formula is C18H19N5O3. The summed E-state index contributed by atoms with van der Waals surface area (Å²) < 4.78 is 0. The van der Waals surface area contributed by atoms with Crippen molar-refractivity contribution < 1.29 is 4.79 Å². The van der Waals surface area contributed by atoms with Gasteiger partial charge < -0.3 is 14.9 Å². The number of fused-ring (bicyclic) bond motifs is 1. The number of imidazole rings is 1. The molecule has 8 heteroatoms. The summed E-state index contributed by atoms with van der Waals surface area (Å²) in [6.45, 7) is 3.10.